The molecule has 1 amide bonds. The lowest BCUT2D eigenvalue weighted by Gasteiger charge is -2.26. The number of likely N-dealkylation sites (tertiary alicyclic amines) is 1. The first-order valence-corrected chi connectivity index (χ1v) is 7.02. The Kier molecular flexibility index (Phi) is 4.80. The van der Waals surface area contributed by atoms with Gasteiger partial charge in [-0.15, -0.1) is 0 Å². The molecule has 0 aromatic carbocycles. The van der Waals surface area contributed by atoms with Gasteiger partial charge in [-0.05, 0) is 38.3 Å². The molecule has 110 valence electrons. The number of carbonyl (C=O) groups is 1. The van der Waals surface area contributed by atoms with E-state index in [1.54, 1.807) is 17.9 Å². The zero-order chi connectivity index (χ0) is 14.7. The van der Waals surface area contributed by atoms with Gasteiger partial charge in [0.25, 0.3) is 5.91 Å². The first-order chi connectivity index (χ1) is 9.51. The SMILES string of the molecule is CC(O)CC1CCCN1C(=O)c1cc(Cl)nc(NN)c1. The fourth-order valence-corrected chi connectivity index (χ4v) is 2.81. The van der Waals surface area contributed by atoms with E-state index in [9.17, 15) is 9.90 Å². The van der Waals surface area contributed by atoms with Crippen LogP contribution in [-0.2, 0) is 0 Å². The predicted octanol–water partition coefficient (Wildman–Crippen LogP) is 1.40. The highest BCUT2D eigenvalue weighted by molar-refractivity contribution is 6.29. The monoisotopic (exact) mass is 298 g/mol. The number of rotatable bonds is 4. The maximum absolute atomic E-state index is 12.5. The van der Waals surface area contributed by atoms with Crippen LogP contribution in [0.15, 0.2) is 12.1 Å². The number of hydrazine groups is 1. The fourth-order valence-electron chi connectivity index (χ4n) is 2.60. The summed E-state index contributed by atoms with van der Waals surface area (Å²) >= 11 is 5.88. The molecule has 1 aromatic heterocycles. The van der Waals surface area contributed by atoms with Crippen molar-refractivity contribution >= 4 is 23.3 Å². The van der Waals surface area contributed by atoms with Gasteiger partial charge in [0.05, 0.1) is 6.10 Å². The number of aliphatic hydroxyl groups is 1. The summed E-state index contributed by atoms with van der Waals surface area (Å²) in [5, 5.41) is 9.73. The van der Waals surface area contributed by atoms with E-state index in [4.69, 9.17) is 17.4 Å². The molecule has 0 aliphatic carbocycles. The van der Waals surface area contributed by atoms with Crippen molar-refractivity contribution in [2.75, 3.05) is 12.0 Å². The molecule has 1 aromatic rings. The number of anilines is 1. The molecule has 1 aliphatic rings. The van der Waals surface area contributed by atoms with Gasteiger partial charge in [-0.3, -0.25) is 4.79 Å². The summed E-state index contributed by atoms with van der Waals surface area (Å²) in [7, 11) is 0. The average Bonchev–Trinajstić information content (AvgIpc) is 2.84. The lowest BCUT2D eigenvalue weighted by molar-refractivity contribution is 0.0682. The van der Waals surface area contributed by atoms with Crippen molar-refractivity contribution in [2.24, 2.45) is 5.84 Å². The molecule has 2 unspecified atom stereocenters. The second-order valence-corrected chi connectivity index (χ2v) is 5.47. The second kappa shape index (κ2) is 6.39. The minimum Gasteiger partial charge on any atom is -0.393 e. The second-order valence-electron chi connectivity index (χ2n) is 5.09. The van der Waals surface area contributed by atoms with Crippen LogP contribution in [0.4, 0.5) is 5.82 Å². The van der Waals surface area contributed by atoms with Crippen molar-refractivity contribution in [1.29, 1.82) is 0 Å². The molecule has 1 fully saturated rings. The van der Waals surface area contributed by atoms with Gasteiger partial charge in [-0.1, -0.05) is 11.6 Å². The molecule has 0 spiro atoms. The number of halogens is 1. The smallest absolute Gasteiger partial charge is 0.254 e. The number of carbonyl (C=O) groups excluding carboxylic acids is 1. The Bertz CT molecular complexity index is 495. The van der Waals surface area contributed by atoms with Gasteiger partial charge in [0.15, 0.2) is 0 Å². The Morgan fingerprint density at radius 2 is 2.45 bits per heavy atom. The number of nitrogens with one attached hydrogen (secondary N) is 1. The number of nitrogens with two attached hydrogens (primary N) is 1. The van der Waals surface area contributed by atoms with Crippen molar-refractivity contribution in [2.45, 2.75) is 38.3 Å². The summed E-state index contributed by atoms with van der Waals surface area (Å²) in [4.78, 5) is 18.3. The summed E-state index contributed by atoms with van der Waals surface area (Å²) in [6.07, 6.45) is 2.03. The van der Waals surface area contributed by atoms with Crippen LogP contribution < -0.4 is 11.3 Å². The Labute approximate surface area is 122 Å². The summed E-state index contributed by atoms with van der Waals surface area (Å²) in [6, 6.07) is 3.18. The van der Waals surface area contributed by atoms with Crippen LogP contribution in [0.2, 0.25) is 5.15 Å². The van der Waals surface area contributed by atoms with E-state index in [1.807, 2.05) is 0 Å². The van der Waals surface area contributed by atoms with Crippen LogP contribution in [0.1, 0.15) is 36.5 Å². The molecule has 20 heavy (non-hydrogen) atoms. The van der Waals surface area contributed by atoms with Crippen LogP contribution in [0.25, 0.3) is 0 Å². The van der Waals surface area contributed by atoms with Crippen molar-refractivity contribution in [3.05, 3.63) is 22.8 Å². The van der Waals surface area contributed by atoms with E-state index in [-0.39, 0.29) is 17.1 Å². The zero-order valence-corrected chi connectivity index (χ0v) is 12.1. The molecule has 0 radical (unpaired) electrons. The molecule has 0 saturated carbocycles. The molecule has 2 rings (SSSR count). The third kappa shape index (κ3) is 3.39. The molecular weight excluding hydrogens is 280 g/mol. The number of pyridine rings is 1. The number of hydrogen-bond donors (Lipinski definition) is 3. The number of hydrogen-bond acceptors (Lipinski definition) is 5. The normalized spacial score (nSPS) is 20.0. The van der Waals surface area contributed by atoms with Crippen LogP contribution >= 0.6 is 11.6 Å². The van der Waals surface area contributed by atoms with E-state index >= 15 is 0 Å². The van der Waals surface area contributed by atoms with Gasteiger partial charge >= 0.3 is 0 Å². The van der Waals surface area contributed by atoms with E-state index in [0.29, 0.717) is 24.3 Å². The van der Waals surface area contributed by atoms with Crippen LogP contribution in [0.5, 0.6) is 0 Å². The molecule has 4 N–H and O–H groups in total. The summed E-state index contributed by atoms with van der Waals surface area (Å²) in [6.45, 7) is 2.43. The van der Waals surface area contributed by atoms with Crippen LogP contribution in [-0.4, -0.2) is 39.6 Å². The van der Waals surface area contributed by atoms with Crippen molar-refractivity contribution < 1.29 is 9.90 Å². The van der Waals surface area contributed by atoms with Gasteiger partial charge in [0.1, 0.15) is 11.0 Å². The fraction of sp³-hybridized carbons (Fsp3) is 0.538. The van der Waals surface area contributed by atoms with Crippen molar-refractivity contribution in [3.8, 4) is 0 Å². The van der Waals surface area contributed by atoms with E-state index in [2.05, 4.69) is 10.4 Å². The Morgan fingerprint density at radius 1 is 1.70 bits per heavy atom. The topological polar surface area (TPSA) is 91.5 Å². The minimum absolute atomic E-state index is 0.0729. The lowest BCUT2D eigenvalue weighted by atomic mass is 10.1. The molecule has 2 heterocycles. The molecule has 1 aliphatic heterocycles. The highest BCUT2D eigenvalue weighted by atomic mass is 35.5. The maximum Gasteiger partial charge on any atom is 0.254 e. The van der Waals surface area contributed by atoms with E-state index < -0.39 is 6.10 Å². The third-order valence-corrected chi connectivity index (χ3v) is 3.63. The Morgan fingerprint density at radius 3 is 3.10 bits per heavy atom. The number of nitrogens with zero attached hydrogens (tertiary/aromatic N) is 2. The van der Waals surface area contributed by atoms with Crippen LogP contribution in [0, 0.1) is 0 Å². The molecule has 0 bridgehead atoms. The van der Waals surface area contributed by atoms with Gasteiger partial charge in [-0.25, -0.2) is 10.8 Å². The number of aliphatic hydroxyl groups excluding tert-OH is 1. The summed E-state index contributed by atoms with van der Waals surface area (Å²) in [5.74, 6) is 5.56. The Hall–Kier alpha value is -1.37. The van der Waals surface area contributed by atoms with E-state index in [0.717, 1.165) is 12.8 Å². The number of aromatic nitrogens is 1. The first kappa shape index (κ1) is 15.0. The van der Waals surface area contributed by atoms with E-state index in [1.165, 1.54) is 6.07 Å². The molecule has 2 atom stereocenters. The largest absolute Gasteiger partial charge is 0.393 e. The molecule has 1 saturated heterocycles. The summed E-state index contributed by atoms with van der Waals surface area (Å²) < 4.78 is 0. The van der Waals surface area contributed by atoms with Crippen molar-refractivity contribution in [1.82, 2.24) is 9.88 Å². The highest BCUT2D eigenvalue weighted by Crippen LogP contribution is 2.25. The molecular formula is C13H19ClN4O2. The van der Waals surface area contributed by atoms with Gasteiger partial charge in [-0.2, -0.15) is 0 Å². The lowest BCUT2D eigenvalue weighted by Crippen LogP contribution is -2.37. The minimum atomic E-state index is -0.421. The maximum atomic E-state index is 12.5. The quantitative estimate of drug-likeness (QED) is 0.444. The number of amides is 1. The predicted molar refractivity (Wildman–Crippen MR) is 77.4 cm³/mol. The van der Waals surface area contributed by atoms with Gasteiger partial charge in [0.2, 0.25) is 0 Å². The van der Waals surface area contributed by atoms with Crippen LogP contribution in [0.3, 0.4) is 0 Å². The average molecular weight is 299 g/mol. The zero-order valence-electron chi connectivity index (χ0n) is 11.3. The van der Waals surface area contributed by atoms with Gasteiger partial charge in [0, 0.05) is 18.2 Å². The third-order valence-electron chi connectivity index (χ3n) is 3.44. The first-order valence-electron chi connectivity index (χ1n) is 6.64. The standard InChI is InChI=1S/C13H19ClN4O2/c1-8(19)5-10-3-2-4-18(10)13(20)9-6-11(14)16-12(7-9)17-15/h6-8,10,19H,2-5,15H2,1H3,(H,16,17). The Balaban J connectivity index is 2.19. The highest BCUT2D eigenvalue weighted by Gasteiger charge is 2.30. The molecule has 6 nitrogen and oxygen atoms in total. The van der Waals surface area contributed by atoms with Gasteiger partial charge < -0.3 is 15.4 Å². The van der Waals surface area contributed by atoms with Crippen molar-refractivity contribution in [3.63, 3.8) is 0 Å². The molecule has 7 heteroatoms. The number of nitrogen functional groups attached to an aromatic ring is 1. The summed E-state index contributed by atoms with van der Waals surface area (Å²) in [5.41, 5.74) is 2.84.